The summed E-state index contributed by atoms with van der Waals surface area (Å²) in [6, 6.07) is 5.72. The molecular formula is C12H13N3O3S. The van der Waals surface area contributed by atoms with E-state index in [1.165, 1.54) is 7.11 Å². The topological polar surface area (TPSA) is 76.4 Å². The van der Waals surface area contributed by atoms with E-state index in [1.807, 2.05) is 25.1 Å². The van der Waals surface area contributed by atoms with Crippen LogP contribution in [0.1, 0.15) is 5.56 Å². The largest absolute Gasteiger partial charge is 0.468 e. The first kappa shape index (κ1) is 13.3. The van der Waals surface area contributed by atoms with Crippen LogP contribution in [0.2, 0.25) is 0 Å². The Morgan fingerprint density at radius 1 is 1.53 bits per heavy atom. The molecule has 0 bridgehead atoms. The third kappa shape index (κ3) is 3.19. The number of hydrogen-bond acceptors (Lipinski definition) is 5. The number of esters is 1. The van der Waals surface area contributed by atoms with E-state index >= 15 is 0 Å². The summed E-state index contributed by atoms with van der Waals surface area (Å²) in [6.45, 7) is 1.97. The van der Waals surface area contributed by atoms with Crippen molar-refractivity contribution in [1.82, 2.24) is 10.5 Å². The smallest absolute Gasteiger partial charge is 0.325 e. The molecule has 0 aliphatic heterocycles. The van der Waals surface area contributed by atoms with Crippen LogP contribution in [0.15, 0.2) is 22.7 Å². The molecule has 1 heterocycles. The highest BCUT2D eigenvalue weighted by atomic mass is 32.1. The Morgan fingerprint density at radius 2 is 2.32 bits per heavy atom. The second-order valence-corrected chi connectivity index (χ2v) is 4.32. The molecule has 0 unspecified atom stereocenters. The SMILES string of the molecule is COC(=O)CNC(=S)Nc1noc2ccc(C)cc12. The van der Waals surface area contributed by atoms with Crippen molar-refractivity contribution < 1.29 is 14.1 Å². The summed E-state index contributed by atoms with van der Waals surface area (Å²) < 4.78 is 9.66. The van der Waals surface area contributed by atoms with Crippen molar-refractivity contribution in [1.29, 1.82) is 0 Å². The number of carbonyl (C=O) groups is 1. The lowest BCUT2D eigenvalue weighted by molar-refractivity contribution is -0.139. The molecule has 0 radical (unpaired) electrons. The maximum absolute atomic E-state index is 11.0. The number of methoxy groups -OCH3 is 1. The van der Waals surface area contributed by atoms with Gasteiger partial charge in [-0.25, -0.2) is 0 Å². The number of aryl methyl sites for hydroxylation is 1. The van der Waals surface area contributed by atoms with Crippen LogP contribution in [0, 0.1) is 6.92 Å². The number of rotatable bonds is 3. The molecule has 1 aromatic heterocycles. The van der Waals surface area contributed by atoms with Crippen LogP contribution in [0.5, 0.6) is 0 Å². The van der Waals surface area contributed by atoms with Crippen molar-refractivity contribution in [3.63, 3.8) is 0 Å². The molecule has 0 saturated carbocycles. The molecule has 6 nitrogen and oxygen atoms in total. The van der Waals surface area contributed by atoms with Gasteiger partial charge in [-0.2, -0.15) is 0 Å². The Morgan fingerprint density at radius 3 is 3.05 bits per heavy atom. The van der Waals surface area contributed by atoms with E-state index in [4.69, 9.17) is 16.7 Å². The molecule has 1 aromatic carbocycles. The van der Waals surface area contributed by atoms with Crippen LogP contribution < -0.4 is 10.6 Å². The van der Waals surface area contributed by atoms with Crippen LogP contribution in [-0.2, 0) is 9.53 Å². The van der Waals surface area contributed by atoms with Gasteiger partial charge in [0.1, 0.15) is 6.54 Å². The second kappa shape index (κ2) is 5.66. The number of aromatic nitrogens is 1. The summed E-state index contributed by atoms with van der Waals surface area (Å²) in [5.74, 6) is 0.117. The summed E-state index contributed by atoms with van der Waals surface area (Å²) in [6.07, 6.45) is 0. The number of hydrogen-bond donors (Lipinski definition) is 2. The van der Waals surface area contributed by atoms with Gasteiger partial charge in [0.25, 0.3) is 0 Å². The average Bonchev–Trinajstić information content (AvgIpc) is 2.78. The van der Waals surface area contributed by atoms with Crippen LogP contribution in [0.3, 0.4) is 0 Å². The molecule has 100 valence electrons. The standard InChI is InChI=1S/C12H13N3O3S/c1-7-3-4-9-8(5-7)11(15-18-9)14-12(19)13-6-10(16)17-2/h3-5H,6H2,1-2H3,(H2,13,14,15,19). The van der Waals surface area contributed by atoms with Crippen LogP contribution >= 0.6 is 12.2 Å². The molecule has 19 heavy (non-hydrogen) atoms. The molecule has 0 amide bonds. The van der Waals surface area contributed by atoms with E-state index in [0.29, 0.717) is 11.4 Å². The van der Waals surface area contributed by atoms with Gasteiger partial charge in [0, 0.05) is 0 Å². The third-order valence-electron chi connectivity index (χ3n) is 2.48. The van der Waals surface area contributed by atoms with Crippen molar-refractivity contribution in [3.8, 4) is 0 Å². The van der Waals surface area contributed by atoms with Crippen LogP contribution in [0.25, 0.3) is 11.0 Å². The Balaban J connectivity index is 2.07. The summed E-state index contributed by atoms with van der Waals surface area (Å²) in [5, 5.41) is 10.6. The number of benzene rings is 1. The molecule has 7 heteroatoms. The number of anilines is 1. The lowest BCUT2D eigenvalue weighted by Gasteiger charge is -2.07. The predicted octanol–water partition coefficient (Wildman–Crippen LogP) is 1.60. The zero-order valence-corrected chi connectivity index (χ0v) is 11.3. The quantitative estimate of drug-likeness (QED) is 0.652. The monoisotopic (exact) mass is 279 g/mol. The number of ether oxygens (including phenoxy) is 1. The number of carbonyl (C=O) groups excluding carboxylic acids is 1. The van der Waals surface area contributed by atoms with E-state index in [0.717, 1.165) is 10.9 Å². The molecule has 0 saturated heterocycles. The summed E-state index contributed by atoms with van der Waals surface area (Å²) in [5.41, 5.74) is 1.76. The highest BCUT2D eigenvalue weighted by molar-refractivity contribution is 7.80. The van der Waals surface area contributed by atoms with E-state index < -0.39 is 5.97 Å². The van der Waals surface area contributed by atoms with Gasteiger partial charge < -0.3 is 19.9 Å². The maximum Gasteiger partial charge on any atom is 0.325 e. The minimum Gasteiger partial charge on any atom is -0.468 e. The fraction of sp³-hybridized carbons (Fsp3) is 0.250. The van der Waals surface area contributed by atoms with Gasteiger partial charge in [-0.3, -0.25) is 4.79 Å². The van der Waals surface area contributed by atoms with Gasteiger partial charge in [0.05, 0.1) is 12.5 Å². The van der Waals surface area contributed by atoms with Crippen LogP contribution in [0.4, 0.5) is 5.82 Å². The molecule has 0 fully saturated rings. The van der Waals surface area contributed by atoms with Crippen molar-refractivity contribution in [2.75, 3.05) is 19.0 Å². The first-order valence-electron chi connectivity index (χ1n) is 5.58. The van der Waals surface area contributed by atoms with E-state index in [-0.39, 0.29) is 11.7 Å². The zero-order chi connectivity index (χ0) is 13.8. The van der Waals surface area contributed by atoms with E-state index in [2.05, 4.69) is 20.5 Å². The molecule has 2 aromatic rings. The molecule has 0 atom stereocenters. The average molecular weight is 279 g/mol. The number of thiocarbonyl (C=S) groups is 1. The van der Waals surface area contributed by atoms with Gasteiger partial charge in [-0.1, -0.05) is 16.8 Å². The van der Waals surface area contributed by atoms with Gasteiger partial charge in [-0.05, 0) is 31.3 Å². The fourth-order valence-corrected chi connectivity index (χ4v) is 1.69. The Kier molecular flexibility index (Phi) is 3.96. The number of nitrogens with one attached hydrogen (secondary N) is 2. The number of fused-ring (bicyclic) bond motifs is 1. The summed E-state index contributed by atoms with van der Waals surface area (Å²) in [7, 11) is 1.31. The first-order valence-corrected chi connectivity index (χ1v) is 5.98. The molecule has 2 rings (SSSR count). The molecular weight excluding hydrogens is 266 g/mol. The molecule has 0 spiro atoms. The van der Waals surface area contributed by atoms with Crippen molar-refractivity contribution >= 4 is 40.1 Å². The van der Waals surface area contributed by atoms with Crippen molar-refractivity contribution in [2.45, 2.75) is 6.92 Å². The second-order valence-electron chi connectivity index (χ2n) is 3.91. The van der Waals surface area contributed by atoms with Crippen LogP contribution in [-0.4, -0.2) is 29.9 Å². The Labute approximate surface area is 115 Å². The fourth-order valence-electron chi connectivity index (χ4n) is 1.52. The van der Waals surface area contributed by atoms with E-state index in [1.54, 1.807) is 0 Å². The highest BCUT2D eigenvalue weighted by Crippen LogP contribution is 2.23. The highest BCUT2D eigenvalue weighted by Gasteiger charge is 2.10. The third-order valence-corrected chi connectivity index (χ3v) is 2.72. The van der Waals surface area contributed by atoms with E-state index in [9.17, 15) is 4.79 Å². The van der Waals surface area contributed by atoms with Gasteiger partial charge in [0.2, 0.25) is 0 Å². The first-order chi connectivity index (χ1) is 9.10. The summed E-state index contributed by atoms with van der Waals surface area (Å²) in [4.78, 5) is 11.0. The minimum absolute atomic E-state index is 0.00283. The lowest BCUT2D eigenvalue weighted by atomic mass is 10.2. The normalized spacial score (nSPS) is 10.2. The number of nitrogens with zero attached hydrogens (tertiary/aromatic N) is 1. The molecule has 0 aliphatic carbocycles. The maximum atomic E-state index is 11.0. The Bertz CT molecular complexity index is 624. The van der Waals surface area contributed by atoms with Gasteiger partial charge in [-0.15, -0.1) is 0 Å². The van der Waals surface area contributed by atoms with Crippen molar-refractivity contribution in [3.05, 3.63) is 23.8 Å². The predicted molar refractivity (Wildman–Crippen MR) is 75.0 cm³/mol. The van der Waals surface area contributed by atoms with Gasteiger partial charge in [0.15, 0.2) is 16.5 Å². The molecule has 2 N–H and O–H groups in total. The zero-order valence-electron chi connectivity index (χ0n) is 10.5. The van der Waals surface area contributed by atoms with Gasteiger partial charge >= 0.3 is 5.97 Å². The Hall–Kier alpha value is -2.15. The van der Waals surface area contributed by atoms with Crippen molar-refractivity contribution in [2.24, 2.45) is 0 Å². The molecule has 0 aliphatic rings. The summed E-state index contributed by atoms with van der Waals surface area (Å²) >= 11 is 5.05. The lowest BCUT2D eigenvalue weighted by Crippen LogP contribution is -2.33. The minimum atomic E-state index is -0.398.